The summed E-state index contributed by atoms with van der Waals surface area (Å²) < 4.78 is 6.40. The van der Waals surface area contributed by atoms with Crippen LogP contribution in [0.15, 0.2) is 78.9 Å². The van der Waals surface area contributed by atoms with Gasteiger partial charge in [-0.25, -0.2) is 4.79 Å². The van der Waals surface area contributed by atoms with Crippen LogP contribution >= 0.6 is 23.2 Å². The molecular weight excluding hydrogens is 431 g/mol. The lowest BCUT2D eigenvalue weighted by Gasteiger charge is -2.41. The molecule has 0 spiro atoms. The monoisotopic (exact) mass is 454 g/mol. The lowest BCUT2D eigenvalue weighted by atomic mass is 10.0. The minimum absolute atomic E-state index is 0.0568. The first kappa shape index (κ1) is 21.7. The number of carbonyl (C=O) groups is 1. The van der Waals surface area contributed by atoms with Crippen molar-refractivity contribution < 1.29 is 9.53 Å². The summed E-state index contributed by atoms with van der Waals surface area (Å²) >= 11 is 12.5. The van der Waals surface area contributed by atoms with Crippen LogP contribution in [0.3, 0.4) is 0 Å². The van der Waals surface area contributed by atoms with E-state index in [-0.39, 0.29) is 24.3 Å². The van der Waals surface area contributed by atoms with Crippen molar-refractivity contribution in [2.24, 2.45) is 0 Å². The van der Waals surface area contributed by atoms with E-state index in [9.17, 15) is 4.79 Å². The average Bonchev–Trinajstić information content (AvgIpc) is 2.75. The second kappa shape index (κ2) is 9.73. The lowest BCUT2D eigenvalue weighted by molar-refractivity contribution is -0.0647. The smallest absolute Gasteiger partial charge is 0.318 e. The van der Waals surface area contributed by atoms with Gasteiger partial charge in [-0.3, -0.25) is 0 Å². The third kappa shape index (κ3) is 5.21. The van der Waals surface area contributed by atoms with Gasteiger partial charge in [0.1, 0.15) is 6.10 Å². The van der Waals surface area contributed by atoms with Crippen molar-refractivity contribution in [2.45, 2.75) is 25.2 Å². The van der Waals surface area contributed by atoms with Crippen molar-refractivity contribution in [3.63, 3.8) is 0 Å². The van der Waals surface area contributed by atoms with Gasteiger partial charge in [0.2, 0.25) is 0 Å². The van der Waals surface area contributed by atoms with Crippen molar-refractivity contribution in [3.05, 3.63) is 106 Å². The van der Waals surface area contributed by atoms with Gasteiger partial charge in [0, 0.05) is 15.6 Å². The highest BCUT2D eigenvalue weighted by molar-refractivity contribution is 6.31. The standard InChI is InChI=1S/C25H24Cl2N2O2/c1-17(18-7-3-2-4-8-18)28-25(30)29-15-21(16-29)31-24(19-11-13-20(26)14-12-19)22-9-5-6-10-23(22)27/h2-14,17,21,24H,15-16H2,1H3,(H,28,30)/t17-,24?/m1/s1. The van der Waals surface area contributed by atoms with Crippen LogP contribution in [0, 0.1) is 0 Å². The zero-order chi connectivity index (χ0) is 21.8. The van der Waals surface area contributed by atoms with Gasteiger partial charge in [-0.05, 0) is 36.2 Å². The number of hydrogen-bond donors (Lipinski definition) is 1. The van der Waals surface area contributed by atoms with Crippen LogP contribution in [0.5, 0.6) is 0 Å². The Morgan fingerprint density at radius 2 is 1.58 bits per heavy atom. The molecular formula is C25H24Cl2N2O2. The van der Waals surface area contributed by atoms with Crippen LogP contribution in [0.4, 0.5) is 4.79 Å². The van der Waals surface area contributed by atoms with Gasteiger partial charge in [0.25, 0.3) is 0 Å². The molecule has 1 fully saturated rings. The quantitative estimate of drug-likeness (QED) is 0.477. The average molecular weight is 455 g/mol. The molecule has 2 amide bonds. The molecule has 160 valence electrons. The summed E-state index contributed by atoms with van der Waals surface area (Å²) in [7, 11) is 0. The van der Waals surface area contributed by atoms with E-state index in [1.54, 1.807) is 4.90 Å². The number of benzene rings is 3. The molecule has 1 aliphatic rings. The largest absolute Gasteiger partial charge is 0.362 e. The van der Waals surface area contributed by atoms with E-state index in [0.717, 1.165) is 16.7 Å². The van der Waals surface area contributed by atoms with E-state index < -0.39 is 0 Å². The number of amides is 2. The number of rotatable bonds is 6. The number of urea groups is 1. The summed E-state index contributed by atoms with van der Waals surface area (Å²) in [5, 5.41) is 4.36. The normalized spacial score (nSPS) is 15.8. The molecule has 0 bridgehead atoms. The molecule has 31 heavy (non-hydrogen) atoms. The number of halogens is 2. The van der Waals surface area contributed by atoms with Gasteiger partial charge < -0.3 is 15.0 Å². The highest BCUT2D eigenvalue weighted by Crippen LogP contribution is 2.34. The number of hydrogen-bond acceptors (Lipinski definition) is 2. The highest BCUT2D eigenvalue weighted by atomic mass is 35.5. The van der Waals surface area contributed by atoms with E-state index in [2.05, 4.69) is 5.32 Å². The van der Waals surface area contributed by atoms with Crippen molar-refractivity contribution in [1.29, 1.82) is 0 Å². The van der Waals surface area contributed by atoms with Gasteiger partial charge in [0.05, 0.1) is 25.2 Å². The summed E-state index contributed by atoms with van der Waals surface area (Å²) in [5.74, 6) is 0. The van der Waals surface area contributed by atoms with E-state index in [1.165, 1.54) is 0 Å². The number of carbonyl (C=O) groups excluding carboxylic acids is 1. The molecule has 0 radical (unpaired) electrons. The molecule has 1 unspecified atom stereocenters. The molecule has 3 aromatic carbocycles. The van der Waals surface area contributed by atoms with E-state index in [4.69, 9.17) is 27.9 Å². The number of nitrogens with one attached hydrogen (secondary N) is 1. The summed E-state index contributed by atoms with van der Waals surface area (Å²) in [6.07, 6.45) is -0.404. The second-order valence-corrected chi connectivity index (χ2v) is 8.54. The number of nitrogens with zero attached hydrogens (tertiary/aromatic N) is 1. The van der Waals surface area contributed by atoms with Gasteiger partial charge in [-0.15, -0.1) is 0 Å². The zero-order valence-electron chi connectivity index (χ0n) is 17.2. The first-order chi connectivity index (χ1) is 15.0. The summed E-state index contributed by atoms with van der Waals surface area (Å²) in [5.41, 5.74) is 2.94. The van der Waals surface area contributed by atoms with Crippen molar-refractivity contribution >= 4 is 29.2 Å². The topological polar surface area (TPSA) is 41.6 Å². The second-order valence-electron chi connectivity index (χ2n) is 7.70. The maximum atomic E-state index is 12.6. The van der Waals surface area contributed by atoms with Gasteiger partial charge in [-0.1, -0.05) is 83.9 Å². The maximum absolute atomic E-state index is 12.6. The van der Waals surface area contributed by atoms with Crippen LogP contribution in [0.1, 0.15) is 35.8 Å². The van der Waals surface area contributed by atoms with Crippen LogP contribution in [-0.2, 0) is 4.74 Å². The Morgan fingerprint density at radius 1 is 0.935 bits per heavy atom. The fourth-order valence-electron chi connectivity index (χ4n) is 3.64. The van der Waals surface area contributed by atoms with Crippen molar-refractivity contribution in [2.75, 3.05) is 13.1 Å². The minimum Gasteiger partial charge on any atom is -0.362 e. The first-order valence-electron chi connectivity index (χ1n) is 10.3. The summed E-state index contributed by atoms with van der Waals surface area (Å²) in [6, 6.07) is 25.0. The number of ether oxygens (including phenoxy) is 1. The molecule has 0 saturated carbocycles. The van der Waals surface area contributed by atoms with E-state index in [0.29, 0.717) is 23.1 Å². The van der Waals surface area contributed by atoms with Gasteiger partial charge in [-0.2, -0.15) is 0 Å². The third-order valence-corrected chi connectivity index (χ3v) is 6.06. The Hall–Kier alpha value is -2.53. The van der Waals surface area contributed by atoms with E-state index in [1.807, 2.05) is 85.8 Å². The molecule has 2 atom stereocenters. The summed E-state index contributed by atoms with van der Waals surface area (Å²) in [6.45, 7) is 3.04. The van der Waals surface area contributed by atoms with E-state index >= 15 is 0 Å². The molecule has 3 aromatic rings. The molecule has 0 aromatic heterocycles. The molecule has 1 heterocycles. The predicted molar refractivity (Wildman–Crippen MR) is 125 cm³/mol. The maximum Gasteiger partial charge on any atom is 0.318 e. The Bertz CT molecular complexity index is 1020. The first-order valence-corrected chi connectivity index (χ1v) is 11.0. The van der Waals surface area contributed by atoms with Gasteiger partial charge >= 0.3 is 6.03 Å². The lowest BCUT2D eigenvalue weighted by Crippen LogP contribution is -2.58. The number of likely N-dealkylation sites (tertiary alicyclic amines) is 1. The SMILES string of the molecule is C[C@@H](NC(=O)N1CC(OC(c2ccc(Cl)cc2)c2ccccc2Cl)C1)c1ccccc1. The molecule has 1 N–H and O–H groups in total. The molecule has 4 rings (SSSR count). The van der Waals surface area contributed by atoms with Crippen LogP contribution in [0.2, 0.25) is 10.0 Å². The molecule has 0 aliphatic carbocycles. The van der Waals surface area contributed by atoms with Crippen molar-refractivity contribution in [1.82, 2.24) is 10.2 Å². The Kier molecular flexibility index (Phi) is 6.81. The van der Waals surface area contributed by atoms with Crippen molar-refractivity contribution in [3.8, 4) is 0 Å². The van der Waals surface area contributed by atoms with Crippen LogP contribution in [-0.4, -0.2) is 30.1 Å². The third-order valence-electron chi connectivity index (χ3n) is 5.46. The molecule has 1 saturated heterocycles. The van der Waals surface area contributed by atoms with Crippen LogP contribution in [0.25, 0.3) is 0 Å². The molecule has 1 aliphatic heterocycles. The summed E-state index contributed by atoms with van der Waals surface area (Å²) in [4.78, 5) is 14.4. The predicted octanol–water partition coefficient (Wildman–Crippen LogP) is 6.25. The minimum atomic E-state index is -0.329. The van der Waals surface area contributed by atoms with Crippen LogP contribution < -0.4 is 5.32 Å². The fourth-order valence-corrected chi connectivity index (χ4v) is 4.00. The Labute approximate surface area is 192 Å². The van der Waals surface area contributed by atoms with Gasteiger partial charge in [0.15, 0.2) is 0 Å². The zero-order valence-corrected chi connectivity index (χ0v) is 18.7. The Balaban J connectivity index is 1.40. The highest BCUT2D eigenvalue weighted by Gasteiger charge is 2.35. The Morgan fingerprint density at radius 3 is 2.26 bits per heavy atom. The molecule has 6 heteroatoms. The molecule has 4 nitrogen and oxygen atoms in total. The fraction of sp³-hybridized carbons (Fsp3) is 0.240.